The van der Waals surface area contributed by atoms with E-state index < -0.39 is 0 Å². The van der Waals surface area contributed by atoms with Crippen molar-refractivity contribution in [2.45, 2.75) is 32.1 Å². The van der Waals surface area contributed by atoms with Crippen LogP contribution >= 0.6 is 0 Å². The Hall–Kier alpha value is -1.16. The van der Waals surface area contributed by atoms with Gasteiger partial charge in [-0.1, -0.05) is 6.42 Å². The molecule has 0 aromatic heterocycles. The van der Waals surface area contributed by atoms with Gasteiger partial charge in [-0.2, -0.15) is 0 Å². The van der Waals surface area contributed by atoms with E-state index in [1.165, 1.54) is 49.4 Å². The average molecular weight is 236 g/mol. The van der Waals surface area contributed by atoms with Crippen LogP contribution in [0.15, 0.2) is 12.2 Å². The zero-order valence-corrected chi connectivity index (χ0v) is 10.2. The van der Waals surface area contributed by atoms with Crippen LogP contribution in [0.3, 0.4) is 0 Å². The van der Waals surface area contributed by atoms with Gasteiger partial charge in [0.25, 0.3) is 11.8 Å². The van der Waals surface area contributed by atoms with E-state index in [0.29, 0.717) is 6.54 Å². The molecule has 2 heterocycles. The molecule has 0 saturated carbocycles. The number of amides is 2. The van der Waals surface area contributed by atoms with E-state index in [2.05, 4.69) is 4.90 Å². The lowest BCUT2D eigenvalue weighted by Gasteiger charge is -2.26. The standard InChI is InChI=1S/C13H20N2O2/c16-12-6-7-13(17)15(12)11-5-4-10-14-8-2-1-3-9-14/h6-7H,1-5,8-11H2. The highest BCUT2D eigenvalue weighted by Crippen LogP contribution is 2.10. The minimum atomic E-state index is -0.159. The number of carbonyl (C=O) groups excluding carboxylic acids is 2. The van der Waals surface area contributed by atoms with Crippen molar-refractivity contribution in [2.75, 3.05) is 26.2 Å². The number of carbonyl (C=O) groups is 2. The maximum Gasteiger partial charge on any atom is 0.253 e. The van der Waals surface area contributed by atoms with Crippen molar-refractivity contribution < 1.29 is 9.59 Å². The summed E-state index contributed by atoms with van der Waals surface area (Å²) in [5, 5.41) is 0. The third-order valence-corrected chi connectivity index (χ3v) is 3.46. The van der Waals surface area contributed by atoms with Crippen molar-refractivity contribution in [1.82, 2.24) is 9.80 Å². The third-order valence-electron chi connectivity index (χ3n) is 3.46. The van der Waals surface area contributed by atoms with Crippen molar-refractivity contribution in [3.8, 4) is 0 Å². The van der Waals surface area contributed by atoms with Gasteiger partial charge in [0.2, 0.25) is 0 Å². The van der Waals surface area contributed by atoms with Gasteiger partial charge < -0.3 is 4.90 Å². The van der Waals surface area contributed by atoms with Crippen LogP contribution in [-0.4, -0.2) is 47.8 Å². The fourth-order valence-electron chi connectivity index (χ4n) is 2.44. The van der Waals surface area contributed by atoms with E-state index in [0.717, 1.165) is 19.4 Å². The van der Waals surface area contributed by atoms with E-state index in [1.54, 1.807) is 0 Å². The smallest absolute Gasteiger partial charge is 0.253 e. The summed E-state index contributed by atoms with van der Waals surface area (Å²) in [6.45, 7) is 4.09. The summed E-state index contributed by atoms with van der Waals surface area (Å²) in [6, 6.07) is 0. The van der Waals surface area contributed by atoms with Crippen LogP contribution in [-0.2, 0) is 9.59 Å². The van der Waals surface area contributed by atoms with E-state index in [-0.39, 0.29) is 11.8 Å². The summed E-state index contributed by atoms with van der Waals surface area (Å²) in [6.07, 6.45) is 8.67. The number of imide groups is 1. The van der Waals surface area contributed by atoms with Crippen LogP contribution in [0.2, 0.25) is 0 Å². The highest BCUT2D eigenvalue weighted by Gasteiger charge is 2.22. The molecular weight excluding hydrogens is 216 g/mol. The molecule has 2 aliphatic heterocycles. The van der Waals surface area contributed by atoms with Crippen molar-refractivity contribution in [2.24, 2.45) is 0 Å². The SMILES string of the molecule is O=C1C=CC(=O)N1CCCCN1CCCCC1. The molecule has 0 N–H and O–H groups in total. The van der Waals surface area contributed by atoms with Gasteiger partial charge in [-0.25, -0.2) is 0 Å². The first-order valence-electron chi connectivity index (χ1n) is 6.53. The molecule has 2 aliphatic rings. The van der Waals surface area contributed by atoms with Crippen molar-refractivity contribution in [1.29, 1.82) is 0 Å². The molecule has 0 aromatic carbocycles. The summed E-state index contributed by atoms with van der Waals surface area (Å²) < 4.78 is 0. The molecule has 1 saturated heterocycles. The normalized spacial score (nSPS) is 21.5. The van der Waals surface area contributed by atoms with Gasteiger partial charge >= 0.3 is 0 Å². The monoisotopic (exact) mass is 236 g/mol. The lowest BCUT2D eigenvalue weighted by atomic mass is 10.1. The predicted octanol–water partition coefficient (Wildman–Crippen LogP) is 1.18. The first-order valence-corrected chi connectivity index (χ1v) is 6.53. The van der Waals surface area contributed by atoms with E-state index in [4.69, 9.17) is 0 Å². The first kappa shape index (κ1) is 12.3. The highest BCUT2D eigenvalue weighted by molar-refractivity contribution is 6.12. The Balaban J connectivity index is 1.60. The largest absolute Gasteiger partial charge is 0.303 e. The summed E-state index contributed by atoms with van der Waals surface area (Å²) >= 11 is 0. The van der Waals surface area contributed by atoms with Crippen LogP contribution in [0, 0.1) is 0 Å². The number of unbranched alkanes of at least 4 members (excludes halogenated alkanes) is 1. The molecule has 4 heteroatoms. The lowest BCUT2D eigenvalue weighted by molar-refractivity contribution is -0.136. The Morgan fingerprint density at radius 3 is 2.12 bits per heavy atom. The van der Waals surface area contributed by atoms with Crippen molar-refractivity contribution >= 4 is 11.8 Å². The van der Waals surface area contributed by atoms with Crippen LogP contribution in [0.1, 0.15) is 32.1 Å². The first-order chi connectivity index (χ1) is 8.27. The van der Waals surface area contributed by atoms with Gasteiger partial charge in [-0.3, -0.25) is 14.5 Å². The number of likely N-dealkylation sites (tertiary alicyclic amines) is 1. The van der Waals surface area contributed by atoms with Gasteiger partial charge in [-0.05, 0) is 45.3 Å². The Morgan fingerprint density at radius 1 is 0.882 bits per heavy atom. The molecule has 0 aromatic rings. The molecule has 0 atom stereocenters. The zero-order chi connectivity index (χ0) is 12.1. The number of hydrogen-bond donors (Lipinski definition) is 0. The molecular formula is C13H20N2O2. The van der Waals surface area contributed by atoms with E-state index in [1.807, 2.05) is 0 Å². The maximum atomic E-state index is 11.3. The van der Waals surface area contributed by atoms with Gasteiger partial charge in [0.05, 0.1) is 0 Å². The fourth-order valence-corrected chi connectivity index (χ4v) is 2.44. The second kappa shape index (κ2) is 5.96. The maximum absolute atomic E-state index is 11.3. The van der Waals surface area contributed by atoms with Gasteiger partial charge in [0, 0.05) is 18.7 Å². The minimum absolute atomic E-state index is 0.159. The topological polar surface area (TPSA) is 40.6 Å². The van der Waals surface area contributed by atoms with Crippen LogP contribution in [0.25, 0.3) is 0 Å². The van der Waals surface area contributed by atoms with Crippen LogP contribution in [0.4, 0.5) is 0 Å². The molecule has 0 spiro atoms. The second-order valence-corrected chi connectivity index (χ2v) is 4.77. The molecule has 0 bridgehead atoms. The van der Waals surface area contributed by atoms with Gasteiger partial charge in [0.1, 0.15) is 0 Å². The zero-order valence-electron chi connectivity index (χ0n) is 10.2. The molecule has 2 amide bonds. The molecule has 0 unspecified atom stereocenters. The predicted molar refractivity (Wildman–Crippen MR) is 65.4 cm³/mol. The Kier molecular flexibility index (Phi) is 4.31. The number of nitrogens with zero attached hydrogens (tertiary/aromatic N) is 2. The molecule has 2 rings (SSSR count). The van der Waals surface area contributed by atoms with Gasteiger partial charge in [0.15, 0.2) is 0 Å². The Labute approximate surface area is 102 Å². The molecule has 17 heavy (non-hydrogen) atoms. The van der Waals surface area contributed by atoms with E-state index >= 15 is 0 Å². The van der Waals surface area contributed by atoms with Crippen LogP contribution < -0.4 is 0 Å². The Morgan fingerprint density at radius 2 is 1.47 bits per heavy atom. The Bertz CT molecular complexity index is 301. The average Bonchev–Trinajstić information content (AvgIpc) is 2.67. The molecule has 94 valence electrons. The quantitative estimate of drug-likeness (QED) is 0.531. The fraction of sp³-hybridized carbons (Fsp3) is 0.692. The second-order valence-electron chi connectivity index (χ2n) is 4.77. The molecule has 1 fully saturated rings. The summed E-state index contributed by atoms with van der Waals surface area (Å²) in [5.74, 6) is -0.319. The van der Waals surface area contributed by atoms with Gasteiger partial charge in [-0.15, -0.1) is 0 Å². The highest BCUT2D eigenvalue weighted by atomic mass is 16.2. The molecule has 0 radical (unpaired) electrons. The number of rotatable bonds is 5. The molecule has 0 aliphatic carbocycles. The number of piperidine rings is 1. The number of hydrogen-bond acceptors (Lipinski definition) is 3. The lowest BCUT2D eigenvalue weighted by Crippen LogP contribution is -2.33. The van der Waals surface area contributed by atoms with Crippen LogP contribution in [0.5, 0.6) is 0 Å². The summed E-state index contributed by atoms with van der Waals surface area (Å²) in [4.78, 5) is 26.4. The van der Waals surface area contributed by atoms with Crippen molar-refractivity contribution in [3.05, 3.63) is 12.2 Å². The summed E-state index contributed by atoms with van der Waals surface area (Å²) in [5.41, 5.74) is 0. The van der Waals surface area contributed by atoms with E-state index in [9.17, 15) is 9.59 Å². The minimum Gasteiger partial charge on any atom is -0.303 e. The summed E-state index contributed by atoms with van der Waals surface area (Å²) in [7, 11) is 0. The molecule has 4 nitrogen and oxygen atoms in total. The third kappa shape index (κ3) is 3.40. The van der Waals surface area contributed by atoms with Crippen molar-refractivity contribution in [3.63, 3.8) is 0 Å².